The fraction of sp³-hybridized carbons (Fsp3) is 0.368. The van der Waals surface area contributed by atoms with Crippen molar-refractivity contribution in [3.05, 3.63) is 66.2 Å². The highest BCUT2D eigenvalue weighted by Crippen LogP contribution is 2.30. The summed E-state index contributed by atoms with van der Waals surface area (Å²) in [5, 5.41) is 0. The van der Waals surface area contributed by atoms with E-state index in [0.717, 1.165) is 12.2 Å². The molecule has 1 aliphatic rings. The summed E-state index contributed by atoms with van der Waals surface area (Å²) < 4.78 is 17.5. The molecule has 2 aromatic rings. The lowest BCUT2D eigenvalue weighted by atomic mass is 10.1. The van der Waals surface area contributed by atoms with Crippen LogP contribution in [0.3, 0.4) is 0 Å². The summed E-state index contributed by atoms with van der Waals surface area (Å²) >= 11 is 0. The molecule has 3 atom stereocenters. The maximum atomic E-state index is 6.00. The summed E-state index contributed by atoms with van der Waals surface area (Å²) in [6.07, 6.45) is 1.36. The van der Waals surface area contributed by atoms with Gasteiger partial charge in [-0.1, -0.05) is 55.5 Å². The molecule has 3 rings (SSSR count). The summed E-state index contributed by atoms with van der Waals surface area (Å²) in [5.74, 6) is 0.884. The van der Waals surface area contributed by atoms with Crippen molar-refractivity contribution in [3.8, 4) is 5.75 Å². The maximum absolute atomic E-state index is 6.00. The summed E-state index contributed by atoms with van der Waals surface area (Å²) in [6.45, 7) is 3.35. The first-order chi connectivity index (χ1) is 10.9. The highest BCUT2D eigenvalue weighted by molar-refractivity contribution is 5.21. The quantitative estimate of drug-likeness (QED) is 0.694. The fourth-order valence-corrected chi connectivity index (χ4v) is 2.54. The molecule has 0 spiro atoms. The van der Waals surface area contributed by atoms with Gasteiger partial charge in [0.2, 0.25) is 0 Å². The molecule has 1 aliphatic heterocycles. The van der Waals surface area contributed by atoms with Crippen molar-refractivity contribution in [2.75, 3.05) is 6.61 Å². The number of benzene rings is 2. The topological polar surface area (TPSA) is 31.0 Å². The van der Waals surface area contributed by atoms with Crippen LogP contribution in [-0.4, -0.2) is 24.9 Å². The van der Waals surface area contributed by atoms with E-state index in [-0.39, 0.29) is 18.3 Å². The van der Waals surface area contributed by atoms with Crippen molar-refractivity contribution in [1.29, 1.82) is 0 Å². The van der Waals surface area contributed by atoms with Crippen molar-refractivity contribution in [1.82, 2.24) is 0 Å². The molecule has 116 valence electrons. The minimum absolute atomic E-state index is 0.129. The molecule has 0 N–H and O–H groups in total. The smallest absolute Gasteiger partial charge is 0.121 e. The van der Waals surface area contributed by atoms with E-state index in [4.69, 9.17) is 14.2 Å². The Morgan fingerprint density at radius 1 is 1.00 bits per heavy atom. The number of ether oxygens (including phenoxy) is 3. The highest BCUT2D eigenvalue weighted by Gasteiger charge is 2.45. The molecule has 1 heterocycles. The molecule has 3 nitrogen and oxygen atoms in total. The second-order valence-corrected chi connectivity index (χ2v) is 5.51. The van der Waals surface area contributed by atoms with Gasteiger partial charge in [0.1, 0.15) is 24.6 Å². The van der Waals surface area contributed by atoms with Gasteiger partial charge in [-0.3, -0.25) is 0 Å². The van der Waals surface area contributed by atoms with E-state index >= 15 is 0 Å². The molecule has 0 aromatic heterocycles. The van der Waals surface area contributed by atoms with Crippen molar-refractivity contribution in [2.45, 2.75) is 38.3 Å². The molecule has 2 aromatic carbocycles. The van der Waals surface area contributed by atoms with E-state index in [1.54, 1.807) is 0 Å². The van der Waals surface area contributed by atoms with Gasteiger partial charge >= 0.3 is 0 Å². The lowest BCUT2D eigenvalue weighted by Crippen LogP contribution is -2.22. The zero-order chi connectivity index (χ0) is 15.2. The van der Waals surface area contributed by atoms with Gasteiger partial charge in [-0.25, -0.2) is 0 Å². The number of rotatable bonds is 8. The molecular weight excluding hydrogens is 276 g/mol. The standard InChI is InChI=1S/C19H22O3/c1-2-17(21-13-15-9-5-3-6-10-15)19-18(22-19)14-20-16-11-7-4-8-12-16/h3-12,17-19H,2,13-14H2,1H3. The Kier molecular flexibility index (Phi) is 5.09. The van der Waals surface area contributed by atoms with Crippen LogP contribution in [0.1, 0.15) is 18.9 Å². The van der Waals surface area contributed by atoms with Gasteiger partial charge in [0.05, 0.1) is 12.7 Å². The minimum atomic E-state index is 0.129. The zero-order valence-electron chi connectivity index (χ0n) is 12.9. The number of hydrogen-bond acceptors (Lipinski definition) is 3. The summed E-state index contributed by atoms with van der Waals surface area (Å²) in [6, 6.07) is 20.1. The van der Waals surface area contributed by atoms with Crippen LogP contribution in [0.4, 0.5) is 0 Å². The Balaban J connectivity index is 1.43. The Morgan fingerprint density at radius 3 is 2.36 bits per heavy atom. The first kappa shape index (κ1) is 15.1. The predicted molar refractivity (Wildman–Crippen MR) is 85.9 cm³/mol. The van der Waals surface area contributed by atoms with Gasteiger partial charge in [-0.05, 0) is 24.1 Å². The van der Waals surface area contributed by atoms with E-state index in [1.807, 2.05) is 48.5 Å². The van der Waals surface area contributed by atoms with Crippen LogP contribution in [0, 0.1) is 0 Å². The average Bonchev–Trinajstić information content (AvgIpc) is 3.35. The van der Waals surface area contributed by atoms with Gasteiger partial charge in [-0.2, -0.15) is 0 Å². The minimum Gasteiger partial charge on any atom is -0.491 e. The van der Waals surface area contributed by atoms with Crippen molar-refractivity contribution < 1.29 is 14.2 Å². The molecular formula is C19H22O3. The lowest BCUT2D eigenvalue weighted by Gasteiger charge is -2.14. The molecule has 0 bridgehead atoms. The Bertz CT molecular complexity index is 555. The summed E-state index contributed by atoms with van der Waals surface area (Å²) in [4.78, 5) is 0. The van der Waals surface area contributed by atoms with Gasteiger partial charge in [0, 0.05) is 0 Å². The van der Waals surface area contributed by atoms with Crippen molar-refractivity contribution in [2.24, 2.45) is 0 Å². The van der Waals surface area contributed by atoms with Crippen molar-refractivity contribution in [3.63, 3.8) is 0 Å². The SMILES string of the molecule is CCC(OCc1ccccc1)C1OC1COc1ccccc1. The van der Waals surface area contributed by atoms with Gasteiger partial charge < -0.3 is 14.2 Å². The molecule has 3 heteroatoms. The van der Waals surface area contributed by atoms with Gasteiger partial charge in [0.25, 0.3) is 0 Å². The van der Waals surface area contributed by atoms with Crippen LogP contribution in [0.25, 0.3) is 0 Å². The highest BCUT2D eigenvalue weighted by atomic mass is 16.6. The number of hydrogen-bond donors (Lipinski definition) is 0. The fourth-order valence-electron chi connectivity index (χ4n) is 2.54. The third kappa shape index (κ3) is 4.09. The molecule has 1 saturated heterocycles. The van der Waals surface area contributed by atoms with E-state index in [1.165, 1.54) is 5.56 Å². The van der Waals surface area contributed by atoms with Gasteiger partial charge in [-0.15, -0.1) is 0 Å². The molecule has 3 unspecified atom stereocenters. The third-order valence-electron chi connectivity index (χ3n) is 3.85. The summed E-state index contributed by atoms with van der Waals surface area (Å²) in [7, 11) is 0. The van der Waals surface area contributed by atoms with E-state index in [9.17, 15) is 0 Å². The van der Waals surface area contributed by atoms with Crippen LogP contribution in [0.15, 0.2) is 60.7 Å². The van der Waals surface area contributed by atoms with Crippen LogP contribution >= 0.6 is 0 Å². The van der Waals surface area contributed by atoms with Crippen LogP contribution in [0.5, 0.6) is 5.75 Å². The maximum Gasteiger partial charge on any atom is 0.121 e. The Hall–Kier alpha value is -1.84. The largest absolute Gasteiger partial charge is 0.491 e. The van der Waals surface area contributed by atoms with Crippen LogP contribution < -0.4 is 4.74 Å². The molecule has 0 saturated carbocycles. The summed E-state index contributed by atoms with van der Waals surface area (Å²) in [5.41, 5.74) is 1.19. The Labute approximate surface area is 131 Å². The normalized spacial score (nSPS) is 21.3. The Morgan fingerprint density at radius 2 is 1.68 bits per heavy atom. The second-order valence-electron chi connectivity index (χ2n) is 5.51. The van der Waals surface area contributed by atoms with Crippen LogP contribution in [0.2, 0.25) is 0 Å². The molecule has 0 amide bonds. The first-order valence-corrected chi connectivity index (χ1v) is 7.85. The zero-order valence-corrected chi connectivity index (χ0v) is 12.9. The molecule has 22 heavy (non-hydrogen) atoms. The lowest BCUT2D eigenvalue weighted by molar-refractivity contribution is 0.0194. The molecule has 0 aliphatic carbocycles. The van der Waals surface area contributed by atoms with Gasteiger partial charge in [0.15, 0.2) is 0 Å². The molecule has 0 radical (unpaired) electrons. The molecule has 1 fully saturated rings. The van der Waals surface area contributed by atoms with Crippen molar-refractivity contribution >= 4 is 0 Å². The average molecular weight is 298 g/mol. The monoisotopic (exact) mass is 298 g/mol. The second kappa shape index (κ2) is 7.43. The van der Waals surface area contributed by atoms with E-state index in [0.29, 0.717) is 13.2 Å². The first-order valence-electron chi connectivity index (χ1n) is 7.85. The van der Waals surface area contributed by atoms with Crippen LogP contribution in [-0.2, 0) is 16.1 Å². The third-order valence-corrected chi connectivity index (χ3v) is 3.85. The van der Waals surface area contributed by atoms with E-state index in [2.05, 4.69) is 19.1 Å². The predicted octanol–water partition coefficient (Wildman–Crippen LogP) is 3.83. The number of para-hydroxylation sites is 1. The number of epoxide rings is 1. The van der Waals surface area contributed by atoms with E-state index < -0.39 is 0 Å².